The summed E-state index contributed by atoms with van der Waals surface area (Å²) in [5.41, 5.74) is 0.0591. The summed E-state index contributed by atoms with van der Waals surface area (Å²) in [5.74, 6) is 0.911. The van der Waals surface area contributed by atoms with Crippen molar-refractivity contribution in [3.8, 4) is 0 Å². The van der Waals surface area contributed by atoms with Crippen LogP contribution >= 0.6 is 15.9 Å². The van der Waals surface area contributed by atoms with E-state index in [4.69, 9.17) is 9.47 Å². The van der Waals surface area contributed by atoms with Crippen LogP contribution in [0.4, 0.5) is 0 Å². The van der Waals surface area contributed by atoms with E-state index in [1.54, 1.807) is 7.11 Å². The molecule has 1 unspecified atom stereocenters. The number of methoxy groups -OCH3 is 1. The number of hydrogen-bond acceptors (Lipinski definition) is 2. The number of halogens is 1. The van der Waals surface area contributed by atoms with E-state index in [1.165, 1.54) is 32.1 Å². The Balaban J connectivity index is 2.45. The molecule has 1 atom stereocenters. The van der Waals surface area contributed by atoms with Crippen LogP contribution in [0.3, 0.4) is 0 Å². The summed E-state index contributed by atoms with van der Waals surface area (Å²) in [6.07, 6.45) is 6.49. The van der Waals surface area contributed by atoms with Crippen LogP contribution in [0.25, 0.3) is 0 Å². The summed E-state index contributed by atoms with van der Waals surface area (Å²) in [6.45, 7) is 5.08. The van der Waals surface area contributed by atoms with Gasteiger partial charge in [0.2, 0.25) is 0 Å². The van der Waals surface area contributed by atoms with Crippen LogP contribution in [0.5, 0.6) is 0 Å². The summed E-state index contributed by atoms with van der Waals surface area (Å²) in [4.78, 5) is 0. The minimum atomic E-state index is 0.0591. The second kappa shape index (κ2) is 6.97. The molecule has 0 aromatic rings. The van der Waals surface area contributed by atoms with Gasteiger partial charge in [-0.3, -0.25) is 0 Å². The van der Waals surface area contributed by atoms with Crippen molar-refractivity contribution in [2.75, 3.05) is 19.0 Å². The van der Waals surface area contributed by atoms with Gasteiger partial charge in [0.25, 0.3) is 0 Å². The minimum absolute atomic E-state index is 0.0591. The zero-order valence-electron chi connectivity index (χ0n) is 10.8. The Labute approximate surface area is 108 Å². The largest absolute Gasteiger partial charge is 0.382 e. The van der Waals surface area contributed by atoms with Crippen molar-refractivity contribution in [3.63, 3.8) is 0 Å². The van der Waals surface area contributed by atoms with Crippen LogP contribution in [0.2, 0.25) is 0 Å². The molecule has 16 heavy (non-hydrogen) atoms. The van der Waals surface area contributed by atoms with Crippen LogP contribution in [0.1, 0.15) is 46.0 Å². The maximum atomic E-state index is 6.19. The second-order valence-electron chi connectivity index (χ2n) is 5.05. The quantitative estimate of drug-likeness (QED) is 0.694. The van der Waals surface area contributed by atoms with Crippen molar-refractivity contribution >= 4 is 15.9 Å². The lowest BCUT2D eigenvalue weighted by Gasteiger charge is -2.40. The smallest absolute Gasteiger partial charge is 0.0788 e. The molecule has 0 radical (unpaired) electrons. The SMILES string of the molecule is CCC1CCC(CBr)(OC(C)COC)CC1. The fourth-order valence-corrected chi connectivity index (χ4v) is 3.28. The van der Waals surface area contributed by atoms with Gasteiger partial charge in [0.15, 0.2) is 0 Å². The molecule has 2 nitrogen and oxygen atoms in total. The highest BCUT2D eigenvalue weighted by atomic mass is 79.9. The molecule has 0 saturated heterocycles. The first-order valence-corrected chi connectivity index (χ1v) is 7.50. The van der Waals surface area contributed by atoms with Gasteiger partial charge >= 0.3 is 0 Å². The number of alkyl halides is 1. The van der Waals surface area contributed by atoms with Crippen LogP contribution in [-0.4, -0.2) is 30.8 Å². The van der Waals surface area contributed by atoms with Crippen molar-refractivity contribution in [1.29, 1.82) is 0 Å². The van der Waals surface area contributed by atoms with Gasteiger partial charge in [-0.2, -0.15) is 0 Å². The summed E-state index contributed by atoms with van der Waals surface area (Å²) in [6, 6.07) is 0. The molecule has 0 bridgehead atoms. The predicted octanol–water partition coefficient (Wildman–Crippen LogP) is 3.77. The second-order valence-corrected chi connectivity index (χ2v) is 5.61. The molecule has 1 saturated carbocycles. The molecule has 1 aliphatic carbocycles. The fraction of sp³-hybridized carbons (Fsp3) is 1.00. The van der Waals surface area contributed by atoms with E-state index in [9.17, 15) is 0 Å². The van der Waals surface area contributed by atoms with Gasteiger partial charge in [-0.05, 0) is 38.5 Å². The molecule has 0 aromatic heterocycles. The maximum absolute atomic E-state index is 6.19. The molecule has 3 heteroatoms. The van der Waals surface area contributed by atoms with Gasteiger partial charge in [0.1, 0.15) is 0 Å². The van der Waals surface area contributed by atoms with E-state index in [0.717, 1.165) is 11.2 Å². The lowest BCUT2D eigenvalue weighted by Crippen LogP contribution is -2.42. The van der Waals surface area contributed by atoms with Gasteiger partial charge in [0.05, 0.1) is 18.3 Å². The molecule has 0 aromatic carbocycles. The van der Waals surface area contributed by atoms with Gasteiger partial charge in [0, 0.05) is 12.4 Å². The van der Waals surface area contributed by atoms with Crippen molar-refractivity contribution < 1.29 is 9.47 Å². The molecule has 0 amide bonds. The fourth-order valence-electron chi connectivity index (χ4n) is 2.59. The highest BCUT2D eigenvalue weighted by molar-refractivity contribution is 9.09. The average molecular weight is 293 g/mol. The zero-order valence-corrected chi connectivity index (χ0v) is 12.4. The summed E-state index contributed by atoms with van der Waals surface area (Å²) < 4.78 is 11.3. The topological polar surface area (TPSA) is 18.5 Å². The van der Waals surface area contributed by atoms with Crippen molar-refractivity contribution in [1.82, 2.24) is 0 Å². The lowest BCUT2D eigenvalue weighted by atomic mass is 9.78. The molecule has 1 rings (SSSR count). The monoisotopic (exact) mass is 292 g/mol. The Hall–Kier alpha value is 0.400. The highest BCUT2D eigenvalue weighted by Crippen LogP contribution is 2.38. The van der Waals surface area contributed by atoms with E-state index in [1.807, 2.05) is 0 Å². The highest BCUT2D eigenvalue weighted by Gasteiger charge is 2.36. The van der Waals surface area contributed by atoms with Gasteiger partial charge in [-0.15, -0.1) is 0 Å². The Bertz CT molecular complexity index is 188. The zero-order chi connectivity index (χ0) is 12.0. The van der Waals surface area contributed by atoms with Gasteiger partial charge < -0.3 is 9.47 Å². The average Bonchev–Trinajstić information content (AvgIpc) is 2.30. The van der Waals surface area contributed by atoms with E-state index in [-0.39, 0.29) is 11.7 Å². The molecule has 0 N–H and O–H groups in total. The Morgan fingerprint density at radius 1 is 1.38 bits per heavy atom. The number of hydrogen-bond donors (Lipinski definition) is 0. The molecule has 0 spiro atoms. The molecular formula is C13H25BrO2. The van der Waals surface area contributed by atoms with E-state index < -0.39 is 0 Å². The van der Waals surface area contributed by atoms with Gasteiger partial charge in [-0.1, -0.05) is 29.3 Å². The van der Waals surface area contributed by atoms with Crippen LogP contribution in [0.15, 0.2) is 0 Å². The predicted molar refractivity (Wildman–Crippen MR) is 71.2 cm³/mol. The number of ether oxygens (including phenoxy) is 2. The minimum Gasteiger partial charge on any atom is -0.382 e. The molecule has 0 aliphatic heterocycles. The van der Waals surface area contributed by atoms with E-state index in [0.29, 0.717) is 6.61 Å². The normalized spacial score (nSPS) is 32.6. The van der Waals surface area contributed by atoms with Crippen molar-refractivity contribution in [2.45, 2.75) is 57.7 Å². The summed E-state index contributed by atoms with van der Waals surface area (Å²) >= 11 is 3.62. The third-order valence-electron chi connectivity index (χ3n) is 3.69. The molecule has 96 valence electrons. The number of rotatable bonds is 6. The van der Waals surface area contributed by atoms with Crippen LogP contribution in [-0.2, 0) is 9.47 Å². The van der Waals surface area contributed by atoms with Crippen LogP contribution < -0.4 is 0 Å². The standard InChI is InChI=1S/C13H25BrO2/c1-4-12-5-7-13(10-14,8-6-12)16-11(2)9-15-3/h11-12H,4-10H2,1-3H3. The Morgan fingerprint density at radius 3 is 2.44 bits per heavy atom. The first kappa shape index (κ1) is 14.5. The van der Waals surface area contributed by atoms with Crippen molar-refractivity contribution in [3.05, 3.63) is 0 Å². The van der Waals surface area contributed by atoms with Crippen LogP contribution in [0, 0.1) is 5.92 Å². The van der Waals surface area contributed by atoms with E-state index >= 15 is 0 Å². The summed E-state index contributed by atoms with van der Waals surface area (Å²) in [7, 11) is 1.73. The third kappa shape index (κ3) is 4.01. The molecule has 1 fully saturated rings. The third-order valence-corrected chi connectivity index (χ3v) is 4.71. The van der Waals surface area contributed by atoms with Crippen molar-refractivity contribution in [2.24, 2.45) is 5.92 Å². The first-order valence-electron chi connectivity index (χ1n) is 6.38. The summed E-state index contributed by atoms with van der Waals surface area (Å²) in [5, 5.41) is 0.949. The Morgan fingerprint density at radius 2 is 2.00 bits per heavy atom. The molecule has 0 heterocycles. The molecular weight excluding hydrogens is 268 g/mol. The van der Waals surface area contributed by atoms with Gasteiger partial charge in [-0.25, -0.2) is 0 Å². The Kier molecular flexibility index (Phi) is 6.30. The lowest BCUT2D eigenvalue weighted by molar-refractivity contribution is -0.115. The maximum Gasteiger partial charge on any atom is 0.0788 e. The van der Waals surface area contributed by atoms with E-state index in [2.05, 4.69) is 29.8 Å². The molecule has 1 aliphatic rings. The first-order chi connectivity index (χ1) is 7.65.